The zero-order chi connectivity index (χ0) is 11.5. The Morgan fingerprint density at radius 3 is 2.71 bits per heavy atom. The third-order valence-corrected chi connectivity index (χ3v) is 3.58. The van der Waals surface area contributed by atoms with E-state index < -0.39 is 0 Å². The number of carbonyl (C=O) groups excluding carboxylic acids is 2. The molecule has 1 aromatic heterocycles. The molecule has 0 unspecified atom stereocenters. The van der Waals surface area contributed by atoms with Crippen molar-refractivity contribution in [2.45, 2.75) is 6.92 Å². The Kier molecular flexibility index (Phi) is 5.11. The highest BCUT2D eigenvalue weighted by Crippen LogP contribution is 2.15. The molecular weight excluding hydrogens is 260 g/mol. The summed E-state index contributed by atoms with van der Waals surface area (Å²) in [4.78, 5) is 23.4. The van der Waals surface area contributed by atoms with Gasteiger partial charge in [0, 0.05) is 36.5 Å². The largest absolute Gasteiger partial charge is 0.351 e. The molecule has 1 saturated heterocycles. The molecule has 2 rings (SSSR count). The number of amides is 1. The predicted octanol–water partition coefficient (Wildman–Crippen LogP) is 1.32. The highest BCUT2D eigenvalue weighted by atomic mass is 35.5. The number of ketones is 1. The molecule has 0 saturated carbocycles. The van der Waals surface area contributed by atoms with Crippen LogP contribution >= 0.6 is 23.7 Å². The van der Waals surface area contributed by atoms with Gasteiger partial charge in [0.15, 0.2) is 5.78 Å². The Hall–Kier alpha value is -0.910. The molecule has 0 spiro atoms. The van der Waals surface area contributed by atoms with Crippen LogP contribution in [0, 0.1) is 5.92 Å². The van der Waals surface area contributed by atoms with Gasteiger partial charge in [-0.15, -0.1) is 23.7 Å². The van der Waals surface area contributed by atoms with Crippen LogP contribution in [-0.2, 0) is 0 Å². The highest BCUT2D eigenvalue weighted by Gasteiger charge is 2.18. The lowest BCUT2D eigenvalue weighted by Crippen LogP contribution is -2.48. The van der Waals surface area contributed by atoms with E-state index in [1.807, 2.05) is 0 Å². The van der Waals surface area contributed by atoms with Gasteiger partial charge < -0.3 is 10.6 Å². The number of hydrogen-bond acceptors (Lipinski definition) is 4. The van der Waals surface area contributed by atoms with Crippen LogP contribution in [0.5, 0.6) is 0 Å². The highest BCUT2D eigenvalue weighted by molar-refractivity contribution is 7.12. The monoisotopic (exact) mass is 274 g/mol. The van der Waals surface area contributed by atoms with Crippen molar-refractivity contribution in [3.63, 3.8) is 0 Å². The minimum atomic E-state index is -0.0793. The first kappa shape index (κ1) is 14.2. The van der Waals surface area contributed by atoms with Crippen molar-refractivity contribution in [1.29, 1.82) is 0 Å². The summed E-state index contributed by atoms with van der Waals surface area (Å²) in [5, 5.41) is 7.75. The normalized spacial score (nSPS) is 14.6. The van der Waals surface area contributed by atoms with Crippen molar-refractivity contribution in [1.82, 2.24) is 10.6 Å². The number of nitrogens with one attached hydrogen (secondary N) is 2. The van der Waals surface area contributed by atoms with E-state index in [2.05, 4.69) is 10.6 Å². The number of hydrogen-bond donors (Lipinski definition) is 2. The molecule has 2 N–H and O–H groups in total. The second kappa shape index (κ2) is 6.14. The molecule has 0 bridgehead atoms. The molecule has 1 aliphatic heterocycles. The van der Waals surface area contributed by atoms with Gasteiger partial charge >= 0.3 is 0 Å². The zero-order valence-electron chi connectivity index (χ0n) is 9.49. The summed E-state index contributed by atoms with van der Waals surface area (Å²) in [5.41, 5.74) is 0.612. The molecule has 0 radical (unpaired) electrons. The Bertz CT molecular complexity index is 415. The number of carbonyl (C=O) groups is 2. The van der Waals surface area contributed by atoms with Gasteiger partial charge in [-0.2, -0.15) is 0 Å². The van der Waals surface area contributed by atoms with Gasteiger partial charge in [-0.25, -0.2) is 0 Å². The molecule has 94 valence electrons. The maximum atomic E-state index is 11.7. The quantitative estimate of drug-likeness (QED) is 0.815. The van der Waals surface area contributed by atoms with Gasteiger partial charge in [0.25, 0.3) is 5.91 Å². The van der Waals surface area contributed by atoms with E-state index >= 15 is 0 Å². The molecule has 1 fully saturated rings. The van der Waals surface area contributed by atoms with Crippen LogP contribution in [0.4, 0.5) is 0 Å². The maximum absolute atomic E-state index is 11.7. The van der Waals surface area contributed by atoms with Crippen molar-refractivity contribution in [3.05, 3.63) is 21.9 Å². The maximum Gasteiger partial charge on any atom is 0.261 e. The van der Waals surface area contributed by atoms with E-state index in [-0.39, 0.29) is 24.1 Å². The molecule has 1 aliphatic rings. The third kappa shape index (κ3) is 3.52. The summed E-state index contributed by atoms with van der Waals surface area (Å²) in [6.07, 6.45) is 0. The lowest BCUT2D eigenvalue weighted by molar-refractivity contribution is 0.0946. The lowest BCUT2D eigenvalue weighted by atomic mass is 10.0. The van der Waals surface area contributed by atoms with Crippen molar-refractivity contribution < 1.29 is 9.59 Å². The smallest absolute Gasteiger partial charge is 0.261 e. The fourth-order valence-corrected chi connectivity index (χ4v) is 2.32. The standard InChI is InChI=1S/C11H14N2O2S.ClH/c1-7(14)9-2-10(16-6-9)11(15)13-5-8-3-12-4-8;/h2,6,8,12H,3-5H2,1H3,(H,13,15);1H. The predicted molar refractivity (Wildman–Crippen MR) is 70.3 cm³/mol. The number of thiophene rings is 1. The Morgan fingerprint density at radius 2 is 2.24 bits per heavy atom. The molecule has 0 aliphatic carbocycles. The topological polar surface area (TPSA) is 58.2 Å². The van der Waals surface area contributed by atoms with Gasteiger partial charge in [0.05, 0.1) is 4.88 Å². The van der Waals surface area contributed by atoms with E-state index in [1.54, 1.807) is 11.4 Å². The van der Waals surface area contributed by atoms with Gasteiger partial charge in [0.2, 0.25) is 0 Å². The summed E-state index contributed by atoms with van der Waals surface area (Å²) >= 11 is 1.31. The van der Waals surface area contributed by atoms with Crippen molar-refractivity contribution in [2.75, 3.05) is 19.6 Å². The molecule has 17 heavy (non-hydrogen) atoms. The Labute approximate surface area is 110 Å². The van der Waals surface area contributed by atoms with Crippen LogP contribution in [0.2, 0.25) is 0 Å². The van der Waals surface area contributed by atoms with Crippen LogP contribution in [0.25, 0.3) is 0 Å². The zero-order valence-corrected chi connectivity index (χ0v) is 11.1. The molecule has 2 heterocycles. The average Bonchev–Trinajstić information content (AvgIpc) is 2.63. The Balaban J connectivity index is 0.00000144. The van der Waals surface area contributed by atoms with E-state index in [0.717, 1.165) is 13.1 Å². The summed E-state index contributed by atoms with van der Waals surface area (Å²) in [5.74, 6) is 0.471. The second-order valence-electron chi connectivity index (χ2n) is 3.99. The van der Waals surface area contributed by atoms with Crippen LogP contribution < -0.4 is 10.6 Å². The van der Waals surface area contributed by atoms with Gasteiger partial charge in [-0.3, -0.25) is 9.59 Å². The number of rotatable bonds is 4. The molecule has 6 heteroatoms. The first-order chi connectivity index (χ1) is 7.66. The van der Waals surface area contributed by atoms with E-state index in [9.17, 15) is 9.59 Å². The van der Waals surface area contributed by atoms with Crippen molar-refractivity contribution >= 4 is 35.4 Å². The molecule has 0 aromatic carbocycles. The molecule has 1 amide bonds. The number of Topliss-reactive ketones (excluding diaryl/α,β-unsaturated/α-hetero) is 1. The van der Waals surface area contributed by atoms with E-state index in [0.29, 0.717) is 22.9 Å². The summed E-state index contributed by atoms with van der Waals surface area (Å²) < 4.78 is 0. The number of halogens is 1. The molecular formula is C11H15ClN2O2S. The Morgan fingerprint density at radius 1 is 1.53 bits per heavy atom. The van der Waals surface area contributed by atoms with E-state index in [4.69, 9.17) is 0 Å². The van der Waals surface area contributed by atoms with Crippen LogP contribution in [0.15, 0.2) is 11.4 Å². The van der Waals surface area contributed by atoms with Gasteiger partial charge in [-0.1, -0.05) is 0 Å². The average molecular weight is 275 g/mol. The fraction of sp³-hybridized carbons (Fsp3) is 0.455. The molecule has 1 aromatic rings. The molecule has 4 nitrogen and oxygen atoms in total. The first-order valence-electron chi connectivity index (χ1n) is 5.25. The third-order valence-electron chi connectivity index (χ3n) is 2.65. The minimum absolute atomic E-state index is 0. The van der Waals surface area contributed by atoms with Crippen LogP contribution in [0.3, 0.4) is 0 Å². The van der Waals surface area contributed by atoms with Crippen molar-refractivity contribution in [3.8, 4) is 0 Å². The SMILES string of the molecule is CC(=O)c1csc(C(=O)NCC2CNC2)c1.Cl. The fourth-order valence-electron chi connectivity index (χ4n) is 1.46. The first-order valence-corrected chi connectivity index (χ1v) is 6.13. The van der Waals surface area contributed by atoms with Crippen LogP contribution in [0.1, 0.15) is 27.0 Å². The van der Waals surface area contributed by atoms with E-state index in [1.165, 1.54) is 18.3 Å². The summed E-state index contributed by atoms with van der Waals surface area (Å²) in [6, 6.07) is 1.65. The second-order valence-corrected chi connectivity index (χ2v) is 4.90. The summed E-state index contributed by atoms with van der Waals surface area (Å²) in [6.45, 7) is 4.16. The van der Waals surface area contributed by atoms with Gasteiger partial charge in [-0.05, 0) is 13.0 Å². The lowest BCUT2D eigenvalue weighted by Gasteiger charge is -2.26. The minimum Gasteiger partial charge on any atom is -0.351 e. The van der Waals surface area contributed by atoms with Gasteiger partial charge in [0.1, 0.15) is 0 Å². The molecule has 0 atom stereocenters. The van der Waals surface area contributed by atoms with Crippen molar-refractivity contribution in [2.24, 2.45) is 5.92 Å². The summed E-state index contributed by atoms with van der Waals surface area (Å²) in [7, 11) is 0. The van der Waals surface area contributed by atoms with Crippen LogP contribution in [-0.4, -0.2) is 31.3 Å².